The van der Waals surface area contributed by atoms with E-state index in [1.54, 1.807) is 55.5 Å². The second-order valence-electron chi connectivity index (χ2n) is 6.91. The number of carbonyl (C=O) groups is 1. The van der Waals surface area contributed by atoms with E-state index in [2.05, 4.69) is 10.3 Å². The zero-order valence-electron chi connectivity index (χ0n) is 17.4. The summed E-state index contributed by atoms with van der Waals surface area (Å²) in [6.07, 6.45) is 4.08. The Balaban J connectivity index is 1.87. The third-order valence-electron chi connectivity index (χ3n) is 4.58. The summed E-state index contributed by atoms with van der Waals surface area (Å²) >= 11 is 1.34. The molecule has 0 fully saturated rings. The molecular formula is C22H21N3O5S2. The van der Waals surface area contributed by atoms with Crippen molar-refractivity contribution < 1.29 is 18.1 Å². The van der Waals surface area contributed by atoms with E-state index >= 15 is 0 Å². The quantitative estimate of drug-likeness (QED) is 0.380. The van der Waals surface area contributed by atoms with E-state index in [9.17, 15) is 23.3 Å². The third kappa shape index (κ3) is 5.86. The summed E-state index contributed by atoms with van der Waals surface area (Å²) < 4.78 is 24.0. The minimum Gasteiger partial charge on any atom is -0.302 e. The van der Waals surface area contributed by atoms with Gasteiger partial charge in [0.1, 0.15) is 0 Å². The summed E-state index contributed by atoms with van der Waals surface area (Å²) in [7, 11) is -3.26. The minimum atomic E-state index is -3.26. The van der Waals surface area contributed by atoms with E-state index < -0.39 is 14.8 Å². The summed E-state index contributed by atoms with van der Waals surface area (Å²) in [4.78, 5) is 27.4. The van der Waals surface area contributed by atoms with Gasteiger partial charge in [0.2, 0.25) is 5.91 Å². The van der Waals surface area contributed by atoms with Gasteiger partial charge < -0.3 is 5.32 Å². The van der Waals surface area contributed by atoms with Gasteiger partial charge in [0.15, 0.2) is 15.0 Å². The van der Waals surface area contributed by atoms with Crippen molar-refractivity contribution in [1.29, 1.82) is 0 Å². The van der Waals surface area contributed by atoms with Crippen LogP contribution in [0.2, 0.25) is 0 Å². The summed E-state index contributed by atoms with van der Waals surface area (Å²) in [5, 5.41) is 14.0. The number of hydrogen-bond acceptors (Lipinski definition) is 7. The maximum atomic E-state index is 12.0. The van der Waals surface area contributed by atoms with Crippen LogP contribution in [0.25, 0.3) is 12.2 Å². The fourth-order valence-electron chi connectivity index (χ4n) is 2.87. The Morgan fingerprint density at radius 2 is 1.78 bits per heavy atom. The smallest absolute Gasteiger partial charge is 0.269 e. The number of rotatable bonds is 8. The molecule has 0 radical (unpaired) electrons. The zero-order chi connectivity index (χ0) is 23.3. The molecule has 8 nitrogen and oxygen atoms in total. The van der Waals surface area contributed by atoms with Crippen molar-refractivity contribution in [2.45, 2.75) is 25.2 Å². The number of sulfone groups is 1. The first-order valence-electron chi connectivity index (χ1n) is 9.69. The van der Waals surface area contributed by atoms with Gasteiger partial charge in [-0.25, -0.2) is 13.4 Å². The monoisotopic (exact) mass is 471 g/mol. The molecule has 0 atom stereocenters. The molecule has 166 valence electrons. The van der Waals surface area contributed by atoms with Gasteiger partial charge in [-0.3, -0.25) is 14.9 Å². The van der Waals surface area contributed by atoms with E-state index in [1.165, 1.54) is 30.4 Å². The third-order valence-corrected chi connectivity index (χ3v) is 7.31. The number of non-ortho nitro benzene ring substituents is 1. The Kier molecular flexibility index (Phi) is 7.16. The Morgan fingerprint density at radius 1 is 1.12 bits per heavy atom. The molecule has 0 bridgehead atoms. The molecule has 0 aliphatic carbocycles. The molecular weight excluding hydrogens is 450 g/mol. The lowest BCUT2D eigenvalue weighted by Crippen LogP contribution is -2.04. The van der Waals surface area contributed by atoms with Crippen LogP contribution >= 0.6 is 11.3 Å². The predicted molar refractivity (Wildman–Crippen MR) is 125 cm³/mol. The van der Waals surface area contributed by atoms with Crippen molar-refractivity contribution in [3.05, 3.63) is 80.3 Å². The van der Waals surface area contributed by atoms with Crippen molar-refractivity contribution >= 4 is 50.1 Å². The highest BCUT2D eigenvalue weighted by Gasteiger charge is 2.14. The second kappa shape index (κ2) is 9.84. The van der Waals surface area contributed by atoms with Crippen LogP contribution < -0.4 is 5.32 Å². The van der Waals surface area contributed by atoms with Gasteiger partial charge in [-0.2, -0.15) is 0 Å². The molecule has 32 heavy (non-hydrogen) atoms. The van der Waals surface area contributed by atoms with Gasteiger partial charge in [0.25, 0.3) is 5.69 Å². The van der Waals surface area contributed by atoms with Crippen molar-refractivity contribution in [2.24, 2.45) is 0 Å². The first-order chi connectivity index (χ1) is 15.2. The van der Waals surface area contributed by atoms with Crippen LogP contribution in [0.3, 0.4) is 0 Å². The molecule has 0 unspecified atom stereocenters. The lowest BCUT2D eigenvalue weighted by molar-refractivity contribution is -0.384. The van der Waals surface area contributed by atoms with Crippen LogP contribution in [0.1, 0.15) is 35.5 Å². The SMILES string of the molecule is CCS(=O)(=O)c1ccc(Cc2sc(NC(C)=O)nc2C=Cc2ccc([N+](=O)[O-])cc2)cc1. The molecule has 0 saturated heterocycles. The fraction of sp³-hybridized carbons (Fsp3) is 0.182. The molecule has 1 amide bonds. The van der Waals surface area contributed by atoms with Gasteiger partial charge in [-0.15, -0.1) is 11.3 Å². The van der Waals surface area contributed by atoms with Crippen LogP contribution in [0.4, 0.5) is 10.8 Å². The van der Waals surface area contributed by atoms with Crippen molar-refractivity contribution in [1.82, 2.24) is 4.98 Å². The number of carbonyl (C=O) groups excluding carboxylic acids is 1. The highest BCUT2D eigenvalue weighted by atomic mass is 32.2. The van der Waals surface area contributed by atoms with E-state index in [1.807, 2.05) is 0 Å². The van der Waals surface area contributed by atoms with Crippen LogP contribution in [0.5, 0.6) is 0 Å². The maximum absolute atomic E-state index is 12.0. The van der Waals surface area contributed by atoms with Crippen molar-refractivity contribution in [3.8, 4) is 0 Å². The maximum Gasteiger partial charge on any atom is 0.269 e. The Bertz CT molecular complexity index is 1260. The van der Waals surface area contributed by atoms with Crippen molar-refractivity contribution in [2.75, 3.05) is 11.1 Å². The number of hydrogen-bond donors (Lipinski definition) is 1. The van der Waals surface area contributed by atoms with Gasteiger partial charge >= 0.3 is 0 Å². The number of amides is 1. The van der Waals surface area contributed by atoms with Gasteiger partial charge in [0.05, 0.1) is 21.3 Å². The molecule has 10 heteroatoms. The van der Waals surface area contributed by atoms with E-state index in [0.29, 0.717) is 17.2 Å². The lowest BCUT2D eigenvalue weighted by Gasteiger charge is -2.04. The van der Waals surface area contributed by atoms with Crippen LogP contribution in [0.15, 0.2) is 53.4 Å². The normalized spacial score (nSPS) is 11.6. The number of aromatic nitrogens is 1. The number of anilines is 1. The van der Waals surface area contributed by atoms with Crippen LogP contribution in [-0.4, -0.2) is 30.0 Å². The molecule has 0 spiro atoms. The Labute approximate surface area is 189 Å². The van der Waals surface area contributed by atoms with Crippen LogP contribution in [0, 0.1) is 10.1 Å². The number of nitrogens with one attached hydrogen (secondary N) is 1. The number of nitro groups is 1. The Hall–Kier alpha value is -3.37. The number of thiazole rings is 1. The predicted octanol–water partition coefficient (Wildman–Crippen LogP) is 4.56. The van der Waals surface area contributed by atoms with Crippen LogP contribution in [-0.2, 0) is 21.1 Å². The molecule has 1 N–H and O–H groups in total. The molecule has 3 aromatic rings. The summed E-state index contributed by atoms with van der Waals surface area (Å²) in [6.45, 7) is 3.01. The van der Waals surface area contributed by atoms with Gasteiger partial charge in [-0.05, 0) is 41.5 Å². The van der Waals surface area contributed by atoms with Gasteiger partial charge in [-0.1, -0.05) is 25.1 Å². The molecule has 0 aliphatic rings. The Morgan fingerprint density at radius 3 is 2.34 bits per heavy atom. The molecule has 2 aromatic carbocycles. The average Bonchev–Trinajstić information content (AvgIpc) is 3.13. The van der Waals surface area contributed by atoms with Crippen molar-refractivity contribution in [3.63, 3.8) is 0 Å². The standard InChI is InChI=1S/C22H21N3O5S2/c1-3-32(29,30)19-11-6-17(7-12-19)14-21-20(24-22(31-21)23-15(2)26)13-8-16-4-9-18(10-5-16)25(27)28/h4-13H,3,14H2,1-2H3,(H,23,24,26). The first kappa shape index (κ1) is 23.3. The molecule has 1 heterocycles. The molecule has 0 saturated carbocycles. The summed E-state index contributed by atoms with van der Waals surface area (Å²) in [5.74, 6) is -0.191. The topological polar surface area (TPSA) is 119 Å². The fourth-order valence-corrected chi connectivity index (χ4v) is 4.79. The molecule has 0 aliphatic heterocycles. The summed E-state index contributed by atoms with van der Waals surface area (Å²) in [6, 6.07) is 12.9. The molecule has 1 aromatic heterocycles. The largest absolute Gasteiger partial charge is 0.302 e. The zero-order valence-corrected chi connectivity index (χ0v) is 19.1. The van der Waals surface area contributed by atoms with E-state index in [-0.39, 0.29) is 22.2 Å². The highest BCUT2D eigenvalue weighted by Crippen LogP contribution is 2.28. The lowest BCUT2D eigenvalue weighted by atomic mass is 10.1. The average molecular weight is 472 g/mol. The number of benzene rings is 2. The minimum absolute atomic E-state index is 0.0120. The highest BCUT2D eigenvalue weighted by molar-refractivity contribution is 7.91. The number of nitro benzene ring substituents is 1. The van der Waals surface area contributed by atoms with E-state index in [4.69, 9.17) is 0 Å². The van der Waals surface area contributed by atoms with E-state index in [0.717, 1.165) is 16.0 Å². The second-order valence-corrected chi connectivity index (χ2v) is 10.3. The number of nitrogens with zero attached hydrogens (tertiary/aromatic N) is 2. The summed E-state index contributed by atoms with van der Waals surface area (Å²) in [5.41, 5.74) is 2.34. The first-order valence-corrected chi connectivity index (χ1v) is 12.2. The molecule has 3 rings (SSSR count). The van der Waals surface area contributed by atoms with Gasteiger partial charge in [0, 0.05) is 30.4 Å².